The molecule has 0 heterocycles. The molecule has 1 N–H and O–H groups in total. The van der Waals surface area contributed by atoms with E-state index in [1.54, 1.807) is 0 Å². The van der Waals surface area contributed by atoms with Crippen molar-refractivity contribution in [2.45, 2.75) is 69.4 Å². The van der Waals surface area contributed by atoms with Crippen molar-refractivity contribution >= 4 is 40.7 Å². The van der Waals surface area contributed by atoms with Crippen molar-refractivity contribution < 1.29 is 48.4 Å². The number of benzene rings is 2. The smallest absolute Gasteiger partial charge is 0.300 e. The van der Waals surface area contributed by atoms with Crippen LogP contribution < -0.4 is 0 Å². The van der Waals surface area contributed by atoms with Gasteiger partial charge >= 0.3 is 0 Å². The Balaban J connectivity index is 0.000000196. The van der Waals surface area contributed by atoms with Gasteiger partial charge in [-0.05, 0) is 54.1 Å². The molecule has 2 aromatic rings. The van der Waals surface area contributed by atoms with E-state index in [1.165, 1.54) is 24.0 Å². The van der Waals surface area contributed by atoms with Gasteiger partial charge in [-0.25, -0.2) is 0 Å². The van der Waals surface area contributed by atoms with Crippen LogP contribution in [0.5, 0.6) is 0 Å². The van der Waals surface area contributed by atoms with E-state index in [-0.39, 0.29) is 30.7 Å². The van der Waals surface area contributed by atoms with E-state index in [4.69, 9.17) is 42.6 Å². The van der Waals surface area contributed by atoms with Gasteiger partial charge in [-0.15, -0.1) is 0 Å². The third-order valence-electron chi connectivity index (χ3n) is 8.39. The molecule has 0 bridgehead atoms. The molecule has 2 aromatic carbocycles. The van der Waals surface area contributed by atoms with Crippen LogP contribution in [0.4, 0.5) is 0 Å². The van der Waals surface area contributed by atoms with Crippen molar-refractivity contribution in [3.63, 3.8) is 0 Å². The van der Waals surface area contributed by atoms with Crippen molar-refractivity contribution in [1.82, 2.24) is 0 Å². The predicted molar refractivity (Wildman–Crippen MR) is 154 cm³/mol. The number of carbonyl (C=O) groups is 3. The first-order valence-corrected chi connectivity index (χ1v) is 14.6. The summed E-state index contributed by atoms with van der Waals surface area (Å²) in [6, 6.07) is 20.4. The second-order valence-corrected chi connectivity index (χ2v) is 13.2. The zero-order valence-electron chi connectivity index (χ0n) is 23.7. The topological polar surface area (TPSA) is 89.9 Å². The average molecular weight is 655 g/mol. The maximum atomic E-state index is 11.4. The molecule has 4 aliphatic carbocycles. The maximum Gasteiger partial charge on any atom is 0.300 e. The second-order valence-electron chi connectivity index (χ2n) is 11.9. The minimum absolute atomic E-state index is 0. The zero-order chi connectivity index (χ0) is 28.8. The van der Waals surface area contributed by atoms with E-state index in [0.29, 0.717) is 49.3 Å². The number of rotatable bonds is 8. The first kappa shape index (κ1) is 33.9. The summed E-state index contributed by atoms with van der Waals surface area (Å²) >= 11 is 12.2. The van der Waals surface area contributed by atoms with Crippen LogP contribution in [0.25, 0.3) is 0 Å². The second kappa shape index (κ2) is 14.7. The van der Waals surface area contributed by atoms with E-state index in [0.717, 1.165) is 39.2 Å². The number of Topliss-reactive ketones (excluding diaryl/α,β-unsaturated/α-hetero) is 2. The van der Waals surface area contributed by atoms with Gasteiger partial charge in [0.2, 0.25) is 0 Å². The number of carbonyl (C=O) groups excluding carboxylic acids is 2. The van der Waals surface area contributed by atoms with Gasteiger partial charge in [-0.1, -0.05) is 83.9 Å². The van der Waals surface area contributed by atoms with E-state index in [1.807, 2.05) is 36.4 Å². The van der Waals surface area contributed by atoms with E-state index in [9.17, 15) is 9.59 Å². The molecule has 0 aromatic heterocycles. The molecule has 218 valence electrons. The molecule has 9 heteroatoms. The first-order chi connectivity index (χ1) is 19.0. The molecule has 0 amide bonds. The Morgan fingerprint density at radius 2 is 1.22 bits per heavy atom. The molecule has 6 rings (SSSR count). The zero-order valence-corrected chi connectivity index (χ0v) is 28.1. The van der Waals surface area contributed by atoms with E-state index < -0.39 is 10.3 Å². The molecular formula is C32H38Cl2O6Zn. The first-order valence-electron chi connectivity index (χ1n) is 13.9. The number of ether oxygens (including phenoxy) is 2. The van der Waals surface area contributed by atoms with Gasteiger partial charge in [0, 0.05) is 64.3 Å². The third-order valence-corrected chi connectivity index (χ3v) is 9.62. The van der Waals surface area contributed by atoms with Crippen LogP contribution in [0.3, 0.4) is 0 Å². The fourth-order valence-corrected chi connectivity index (χ4v) is 7.05. The Morgan fingerprint density at radius 1 is 0.805 bits per heavy atom. The molecule has 0 atom stereocenters. The Labute approximate surface area is 265 Å². The minimum atomic E-state index is -1.14. The summed E-state index contributed by atoms with van der Waals surface area (Å²) in [5.41, 5.74) is 2.67. The summed E-state index contributed by atoms with van der Waals surface area (Å²) in [6.07, 6.45) is 6.42. The van der Waals surface area contributed by atoms with Gasteiger partial charge in [0.05, 0.1) is 13.2 Å². The molecule has 0 radical (unpaired) electrons. The van der Waals surface area contributed by atoms with Gasteiger partial charge in [-0.2, -0.15) is 0 Å². The van der Waals surface area contributed by atoms with Crippen LogP contribution in [0.2, 0.25) is 0 Å². The average Bonchev–Trinajstić information content (AvgIpc) is 2.86. The Hall–Kier alpha value is -1.63. The van der Waals surface area contributed by atoms with Crippen molar-refractivity contribution in [1.29, 1.82) is 0 Å². The van der Waals surface area contributed by atoms with Crippen molar-refractivity contribution in [2.24, 2.45) is 22.7 Å². The molecule has 0 saturated heterocycles. The summed E-state index contributed by atoms with van der Waals surface area (Å²) in [6.45, 7) is 4.00. The molecule has 0 aliphatic heterocycles. The third kappa shape index (κ3) is 8.70. The largest absolute Gasteiger partial charge is 0.481 e. The summed E-state index contributed by atoms with van der Waals surface area (Å²) in [5.74, 6) is 0.758. The molecule has 0 unspecified atom stereocenters. The molecule has 4 aliphatic rings. The monoisotopic (exact) mass is 652 g/mol. The van der Waals surface area contributed by atoms with Gasteiger partial charge in [-0.3, -0.25) is 14.4 Å². The summed E-state index contributed by atoms with van der Waals surface area (Å²) < 4.78 is 10.3. The van der Waals surface area contributed by atoms with Crippen LogP contribution in [0.15, 0.2) is 60.7 Å². The summed E-state index contributed by atoms with van der Waals surface area (Å²) in [7, 11) is 0. The quantitative estimate of drug-likeness (QED) is 0.249. The van der Waals surface area contributed by atoms with Gasteiger partial charge < -0.3 is 14.6 Å². The number of carboxylic acid groups (broad SMARTS) is 1. The number of alkyl halides is 2. The number of ketones is 2. The van der Waals surface area contributed by atoms with Crippen molar-refractivity contribution in [2.75, 3.05) is 13.2 Å². The number of hydrogen-bond acceptors (Lipinski definition) is 5. The molecule has 4 fully saturated rings. The maximum absolute atomic E-state index is 11.4. The van der Waals surface area contributed by atoms with Crippen LogP contribution in [0, 0.1) is 22.7 Å². The SMILES string of the molecule is CC(=O)O.O=C1CC2(C1)CC(COCc1ccccc1)C2.O=C1CC2(CC(COCc3ccccc3)C2)C1(Cl)Cl.[Zn]. The molecule has 6 nitrogen and oxygen atoms in total. The van der Waals surface area contributed by atoms with Crippen molar-refractivity contribution in [3.8, 4) is 0 Å². The van der Waals surface area contributed by atoms with Gasteiger partial charge in [0.25, 0.3) is 5.97 Å². The molecule has 41 heavy (non-hydrogen) atoms. The van der Waals surface area contributed by atoms with Crippen LogP contribution in [0.1, 0.15) is 63.0 Å². The fourth-order valence-electron chi connectivity index (χ4n) is 6.47. The van der Waals surface area contributed by atoms with Crippen LogP contribution in [-0.2, 0) is 56.5 Å². The summed E-state index contributed by atoms with van der Waals surface area (Å²) in [5, 5.41) is 7.42. The number of aliphatic carboxylic acids is 1. The fraction of sp³-hybridized carbons (Fsp3) is 0.531. The molecule has 4 saturated carbocycles. The Kier molecular flexibility index (Phi) is 12.1. The van der Waals surface area contributed by atoms with Crippen LogP contribution >= 0.6 is 23.2 Å². The van der Waals surface area contributed by atoms with E-state index >= 15 is 0 Å². The van der Waals surface area contributed by atoms with Crippen LogP contribution in [-0.4, -0.2) is 40.2 Å². The van der Waals surface area contributed by atoms with Gasteiger partial charge in [0.15, 0.2) is 10.1 Å². The Morgan fingerprint density at radius 3 is 1.59 bits per heavy atom. The Bertz CT molecular complexity index is 1150. The molecule has 2 spiro atoms. The number of hydrogen-bond donors (Lipinski definition) is 1. The minimum Gasteiger partial charge on any atom is -0.481 e. The number of carboxylic acids is 1. The normalized spacial score (nSPS) is 21.0. The van der Waals surface area contributed by atoms with Crippen molar-refractivity contribution in [3.05, 3.63) is 71.8 Å². The standard InChI is InChI=1S/C15H16Cl2O2.C15H18O2.C2H4O2.Zn/c16-15(17)13(18)8-14(15)6-12(7-14)10-19-9-11-4-2-1-3-5-11;16-14-8-15(9-14)6-13(7-15)11-17-10-12-4-2-1-3-5-12;1-2(3)4;/h1-5,12H,6-10H2;1-5,13H,6-11H2;1H3,(H,3,4);. The predicted octanol–water partition coefficient (Wildman–Crippen LogP) is 6.80. The molecular weight excluding hydrogens is 617 g/mol. The number of halogens is 2. The summed E-state index contributed by atoms with van der Waals surface area (Å²) in [4.78, 5) is 31.4. The van der Waals surface area contributed by atoms with Gasteiger partial charge in [0.1, 0.15) is 5.78 Å². The van der Waals surface area contributed by atoms with E-state index in [2.05, 4.69) is 24.3 Å².